The molecule has 2 rings (SSSR count). The van der Waals surface area contributed by atoms with Crippen LogP contribution >= 0.6 is 11.3 Å². The standard InChI is InChI=1S/C18H22N2O4S/c1-4-22-15-10-13(11-16(23-5-2)17(15)24-6-3)18(21)20-19-12-14-8-7-9-25-14/h7-12H,4-6H2,1-3H3,(H,20,21)/b19-12+. The average Bonchev–Trinajstić information content (AvgIpc) is 3.11. The van der Waals surface area contributed by atoms with Crippen molar-refractivity contribution in [1.29, 1.82) is 0 Å². The Kier molecular flexibility index (Phi) is 7.28. The van der Waals surface area contributed by atoms with Crippen LogP contribution in [0.15, 0.2) is 34.7 Å². The van der Waals surface area contributed by atoms with Crippen molar-refractivity contribution in [2.75, 3.05) is 19.8 Å². The van der Waals surface area contributed by atoms with E-state index in [1.165, 1.54) is 11.3 Å². The van der Waals surface area contributed by atoms with Gasteiger partial charge in [0.2, 0.25) is 5.75 Å². The lowest BCUT2D eigenvalue weighted by molar-refractivity contribution is 0.0954. The van der Waals surface area contributed by atoms with E-state index in [4.69, 9.17) is 14.2 Å². The lowest BCUT2D eigenvalue weighted by Crippen LogP contribution is -2.18. The molecule has 25 heavy (non-hydrogen) atoms. The van der Waals surface area contributed by atoms with Gasteiger partial charge < -0.3 is 14.2 Å². The first-order valence-corrected chi connectivity index (χ1v) is 9.00. The quantitative estimate of drug-likeness (QED) is 0.545. The molecule has 1 aromatic heterocycles. The monoisotopic (exact) mass is 362 g/mol. The minimum absolute atomic E-state index is 0.349. The van der Waals surface area contributed by atoms with E-state index >= 15 is 0 Å². The van der Waals surface area contributed by atoms with Gasteiger partial charge in [0.15, 0.2) is 11.5 Å². The van der Waals surface area contributed by atoms with Crippen molar-refractivity contribution in [1.82, 2.24) is 5.43 Å². The fourth-order valence-electron chi connectivity index (χ4n) is 2.10. The van der Waals surface area contributed by atoms with Crippen LogP contribution in [0.4, 0.5) is 0 Å². The largest absolute Gasteiger partial charge is 0.490 e. The zero-order valence-corrected chi connectivity index (χ0v) is 15.4. The van der Waals surface area contributed by atoms with Gasteiger partial charge in [0, 0.05) is 10.4 Å². The first-order chi connectivity index (χ1) is 12.2. The number of thiophene rings is 1. The van der Waals surface area contributed by atoms with Crippen molar-refractivity contribution in [3.8, 4) is 17.2 Å². The maximum atomic E-state index is 12.4. The highest BCUT2D eigenvalue weighted by Gasteiger charge is 2.18. The number of rotatable bonds is 9. The molecule has 7 heteroatoms. The second kappa shape index (κ2) is 9.68. The van der Waals surface area contributed by atoms with E-state index in [0.29, 0.717) is 42.6 Å². The summed E-state index contributed by atoms with van der Waals surface area (Å²) < 4.78 is 16.8. The first-order valence-electron chi connectivity index (χ1n) is 8.12. The van der Waals surface area contributed by atoms with Gasteiger partial charge in [-0.25, -0.2) is 5.43 Å². The van der Waals surface area contributed by atoms with E-state index in [2.05, 4.69) is 10.5 Å². The average molecular weight is 362 g/mol. The summed E-state index contributed by atoms with van der Waals surface area (Å²) in [7, 11) is 0. The molecule has 2 aromatic rings. The van der Waals surface area contributed by atoms with Crippen LogP contribution in [-0.4, -0.2) is 31.9 Å². The molecule has 0 aliphatic heterocycles. The number of hydrazone groups is 1. The summed E-state index contributed by atoms with van der Waals surface area (Å²) in [5, 5.41) is 5.92. The summed E-state index contributed by atoms with van der Waals surface area (Å²) in [6, 6.07) is 7.10. The molecular weight excluding hydrogens is 340 g/mol. The Morgan fingerprint density at radius 3 is 2.28 bits per heavy atom. The first kappa shape index (κ1) is 18.8. The Balaban J connectivity index is 2.24. The lowest BCUT2D eigenvalue weighted by Gasteiger charge is -2.16. The minimum Gasteiger partial charge on any atom is -0.490 e. The number of carbonyl (C=O) groups excluding carboxylic acids is 1. The molecule has 0 saturated heterocycles. The molecular formula is C18H22N2O4S. The molecule has 6 nitrogen and oxygen atoms in total. The van der Waals surface area contributed by atoms with Crippen LogP contribution in [0, 0.1) is 0 Å². The number of amides is 1. The summed E-state index contributed by atoms with van der Waals surface area (Å²) in [4.78, 5) is 13.3. The van der Waals surface area contributed by atoms with Crippen LogP contribution in [0.1, 0.15) is 36.0 Å². The third kappa shape index (κ3) is 5.22. The highest BCUT2D eigenvalue weighted by molar-refractivity contribution is 7.11. The molecule has 1 aromatic carbocycles. The van der Waals surface area contributed by atoms with Crippen LogP contribution in [-0.2, 0) is 0 Å². The van der Waals surface area contributed by atoms with Crippen LogP contribution in [0.3, 0.4) is 0 Å². The number of nitrogens with one attached hydrogen (secondary N) is 1. The van der Waals surface area contributed by atoms with Gasteiger partial charge in [-0.2, -0.15) is 5.10 Å². The predicted molar refractivity (Wildman–Crippen MR) is 99.3 cm³/mol. The van der Waals surface area contributed by atoms with Crippen LogP contribution < -0.4 is 19.6 Å². The Labute approximate surface area is 151 Å². The van der Waals surface area contributed by atoms with Gasteiger partial charge >= 0.3 is 0 Å². The Hall–Kier alpha value is -2.54. The molecule has 1 heterocycles. The highest BCUT2D eigenvalue weighted by atomic mass is 32.1. The molecule has 0 spiro atoms. The van der Waals surface area contributed by atoms with E-state index in [0.717, 1.165) is 4.88 Å². The number of hydrogen-bond donors (Lipinski definition) is 1. The van der Waals surface area contributed by atoms with Gasteiger partial charge in [-0.1, -0.05) is 6.07 Å². The smallest absolute Gasteiger partial charge is 0.271 e. The zero-order valence-electron chi connectivity index (χ0n) is 14.6. The van der Waals surface area contributed by atoms with Crippen LogP contribution in [0.2, 0.25) is 0 Å². The summed E-state index contributed by atoms with van der Waals surface area (Å²) in [6.45, 7) is 6.99. The van der Waals surface area contributed by atoms with Crippen LogP contribution in [0.25, 0.3) is 0 Å². The SMILES string of the molecule is CCOc1cc(C(=O)N/N=C/c2cccs2)cc(OCC)c1OCC. The number of benzene rings is 1. The van der Waals surface area contributed by atoms with E-state index in [9.17, 15) is 4.79 Å². The summed E-state index contributed by atoms with van der Waals surface area (Å²) in [5.74, 6) is 1.10. The van der Waals surface area contributed by atoms with Crippen LogP contribution in [0.5, 0.6) is 17.2 Å². The van der Waals surface area contributed by atoms with Gasteiger partial charge in [0.1, 0.15) is 0 Å². The Morgan fingerprint density at radius 1 is 1.12 bits per heavy atom. The molecule has 0 bridgehead atoms. The van der Waals surface area contributed by atoms with Gasteiger partial charge in [-0.3, -0.25) is 4.79 Å². The minimum atomic E-state index is -0.349. The fourth-order valence-corrected chi connectivity index (χ4v) is 2.69. The highest BCUT2D eigenvalue weighted by Crippen LogP contribution is 2.39. The molecule has 0 aliphatic rings. The van der Waals surface area contributed by atoms with Crippen molar-refractivity contribution in [2.24, 2.45) is 5.10 Å². The maximum absolute atomic E-state index is 12.4. The van der Waals surface area contributed by atoms with E-state index in [1.807, 2.05) is 38.3 Å². The fraction of sp³-hybridized carbons (Fsp3) is 0.333. The molecule has 0 fully saturated rings. The zero-order chi connectivity index (χ0) is 18.1. The third-order valence-electron chi connectivity index (χ3n) is 3.07. The molecule has 0 atom stereocenters. The second-order valence-corrected chi connectivity index (χ2v) is 5.79. The molecule has 1 N–H and O–H groups in total. The van der Waals surface area contributed by atoms with E-state index in [-0.39, 0.29) is 5.91 Å². The molecule has 0 saturated carbocycles. The van der Waals surface area contributed by atoms with Crippen molar-refractivity contribution in [3.05, 3.63) is 40.1 Å². The molecule has 0 unspecified atom stereocenters. The Morgan fingerprint density at radius 2 is 1.76 bits per heavy atom. The predicted octanol–water partition coefficient (Wildman–Crippen LogP) is 3.71. The van der Waals surface area contributed by atoms with Gasteiger partial charge in [0.05, 0.1) is 26.0 Å². The lowest BCUT2D eigenvalue weighted by atomic mass is 10.1. The summed E-state index contributed by atoms with van der Waals surface area (Å²) in [5.41, 5.74) is 2.90. The van der Waals surface area contributed by atoms with Crippen molar-refractivity contribution in [3.63, 3.8) is 0 Å². The topological polar surface area (TPSA) is 69.2 Å². The Bertz CT molecular complexity index is 687. The van der Waals surface area contributed by atoms with Gasteiger partial charge in [0.25, 0.3) is 5.91 Å². The number of hydrogen-bond acceptors (Lipinski definition) is 6. The molecule has 1 amide bonds. The number of carbonyl (C=O) groups is 1. The maximum Gasteiger partial charge on any atom is 0.271 e. The van der Waals surface area contributed by atoms with Crippen molar-refractivity contribution in [2.45, 2.75) is 20.8 Å². The number of ether oxygens (including phenoxy) is 3. The number of nitrogens with zero attached hydrogens (tertiary/aromatic N) is 1. The van der Waals surface area contributed by atoms with Gasteiger partial charge in [-0.15, -0.1) is 11.3 Å². The van der Waals surface area contributed by atoms with E-state index in [1.54, 1.807) is 18.3 Å². The van der Waals surface area contributed by atoms with E-state index < -0.39 is 0 Å². The molecule has 0 aliphatic carbocycles. The van der Waals surface area contributed by atoms with Crippen molar-refractivity contribution >= 4 is 23.5 Å². The second-order valence-electron chi connectivity index (χ2n) is 4.82. The van der Waals surface area contributed by atoms with Gasteiger partial charge in [-0.05, 0) is 44.4 Å². The molecule has 0 radical (unpaired) electrons. The normalized spacial score (nSPS) is 10.7. The summed E-state index contributed by atoms with van der Waals surface area (Å²) in [6.07, 6.45) is 1.60. The summed E-state index contributed by atoms with van der Waals surface area (Å²) >= 11 is 1.54. The van der Waals surface area contributed by atoms with Crippen molar-refractivity contribution < 1.29 is 19.0 Å². The third-order valence-corrected chi connectivity index (χ3v) is 3.88. The molecule has 134 valence electrons.